The van der Waals surface area contributed by atoms with E-state index in [0.29, 0.717) is 17.1 Å². The molecule has 1 atom stereocenters. The van der Waals surface area contributed by atoms with E-state index in [1.165, 1.54) is 0 Å². The Hall–Kier alpha value is -2.63. The van der Waals surface area contributed by atoms with Crippen molar-refractivity contribution in [1.29, 1.82) is 0 Å². The maximum Gasteiger partial charge on any atom is 0.242 e. The van der Waals surface area contributed by atoms with Crippen LogP contribution in [0, 0.1) is 4.77 Å². The van der Waals surface area contributed by atoms with Crippen LogP contribution in [0.5, 0.6) is 0 Å². The van der Waals surface area contributed by atoms with Gasteiger partial charge in [-0.2, -0.15) is 5.10 Å². The minimum absolute atomic E-state index is 0.0543. The van der Waals surface area contributed by atoms with Crippen molar-refractivity contribution < 1.29 is 4.79 Å². The molecular weight excluding hydrogens is 432 g/mol. The highest BCUT2D eigenvalue weighted by atomic mass is 32.1. The van der Waals surface area contributed by atoms with Gasteiger partial charge in [-0.05, 0) is 49.6 Å². The molecule has 0 bridgehead atoms. The van der Waals surface area contributed by atoms with Crippen LogP contribution in [0.15, 0.2) is 36.0 Å². The van der Waals surface area contributed by atoms with Gasteiger partial charge in [0.25, 0.3) is 0 Å². The molecular formula is C20H26N8OS2. The Labute approximate surface area is 190 Å². The number of H-pyrrole nitrogens is 1. The van der Waals surface area contributed by atoms with Gasteiger partial charge in [0.2, 0.25) is 11.9 Å². The number of piperazine rings is 1. The molecule has 1 aliphatic rings. The van der Waals surface area contributed by atoms with Crippen molar-refractivity contribution in [3.63, 3.8) is 0 Å². The van der Waals surface area contributed by atoms with E-state index in [1.54, 1.807) is 28.3 Å². The Morgan fingerprint density at radius 1 is 1.26 bits per heavy atom. The molecule has 164 valence electrons. The highest BCUT2D eigenvalue weighted by Gasteiger charge is 2.22. The zero-order valence-electron chi connectivity index (χ0n) is 17.4. The second kappa shape index (κ2) is 10.1. The molecule has 1 unspecified atom stereocenters. The largest absolute Gasteiger partial charge is 0.354 e. The smallest absolute Gasteiger partial charge is 0.242 e. The first-order chi connectivity index (χ1) is 15.1. The quantitative estimate of drug-likeness (QED) is 0.395. The number of aromatic nitrogens is 5. The van der Waals surface area contributed by atoms with E-state index in [0.717, 1.165) is 50.0 Å². The minimum Gasteiger partial charge on any atom is -0.354 e. The minimum atomic E-state index is -0.433. The van der Waals surface area contributed by atoms with E-state index in [9.17, 15) is 4.79 Å². The molecule has 2 N–H and O–H groups in total. The molecule has 4 rings (SSSR count). The summed E-state index contributed by atoms with van der Waals surface area (Å²) in [7, 11) is 0. The second-order valence-corrected chi connectivity index (χ2v) is 8.73. The van der Waals surface area contributed by atoms with Crippen LogP contribution < -0.4 is 10.2 Å². The third kappa shape index (κ3) is 5.17. The number of aromatic amines is 1. The summed E-state index contributed by atoms with van der Waals surface area (Å²) in [4.78, 5) is 27.0. The van der Waals surface area contributed by atoms with Crippen molar-refractivity contribution in [1.82, 2.24) is 34.9 Å². The molecule has 0 saturated carbocycles. The van der Waals surface area contributed by atoms with E-state index >= 15 is 0 Å². The highest BCUT2D eigenvalue weighted by molar-refractivity contribution is 7.71. The third-order valence-corrected chi connectivity index (χ3v) is 6.52. The van der Waals surface area contributed by atoms with E-state index in [2.05, 4.69) is 35.3 Å². The Morgan fingerprint density at radius 3 is 2.74 bits per heavy atom. The number of thiophene rings is 1. The van der Waals surface area contributed by atoms with Crippen molar-refractivity contribution >= 4 is 35.4 Å². The van der Waals surface area contributed by atoms with Crippen LogP contribution in [0.2, 0.25) is 0 Å². The van der Waals surface area contributed by atoms with Crippen molar-refractivity contribution in [3.8, 4) is 10.7 Å². The van der Waals surface area contributed by atoms with E-state index < -0.39 is 6.04 Å². The molecule has 3 aromatic heterocycles. The maximum atomic E-state index is 12.7. The Balaban J connectivity index is 1.22. The van der Waals surface area contributed by atoms with Gasteiger partial charge in [0.1, 0.15) is 6.04 Å². The zero-order valence-corrected chi connectivity index (χ0v) is 19.0. The normalized spacial score (nSPS) is 15.7. The summed E-state index contributed by atoms with van der Waals surface area (Å²) in [5, 5.41) is 12.1. The van der Waals surface area contributed by atoms with Crippen molar-refractivity contribution in [3.05, 3.63) is 40.7 Å². The van der Waals surface area contributed by atoms with Crippen LogP contribution in [0.4, 0.5) is 5.95 Å². The number of rotatable bonds is 8. The average Bonchev–Trinajstić information content (AvgIpc) is 3.47. The molecule has 9 nitrogen and oxygen atoms in total. The van der Waals surface area contributed by atoms with E-state index in [4.69, 9.17) is 12.2 Å². The fourth-order valence-corrected chi connectivity index (χ4v) is 4.65. The third-order valence-electron chi connectivity index (χ3n) is 5.37. The second-order valence-electron chi connectivity index (χ2n) is 7.40. The average molecular weight is 459 g/mol. The van der Waals surface area contributed by atoms with Gasteiger partial charge in [-0.15, -0.1) is 11.3 Å². The lowest BCUT2D eigenvalue weighted by Gasteiger charge is -2.34. The molecule has 1 saturated heterocycles. The molecule has 0 radical (unpaired) electrons. The molecule has 0 aromatic carbocycles. The summed E-state index contributed by atoms with van der Waals surface area (Å²) in [5.41, 5.74) is 0. The summed E-state index contributed by atoms with van der Waals surface area (Å²) >= 11 is 6.93. The van der Waals surface area contributed by atoms with Gasteiger partial charge in [0.05, 0.1) is 4.88 Å². The number of hydrogen-bond donors (Lipinski definition) is 2. The molecule has 4 heterocycles. The molecule has 3 aromatic rings. The first kappa shape index (κ1) is 21.6. The molecule has 11 heteroatoms. The van der Waals surface area contributed by atoms with Crippen LogP contribution >= 0.6 is 23.6 Å². The number of anilines is 1. The molecule has 0 aliphatic carbocycles. The van der Waals surface area contributed by atoms with Gasteiger partial charge in [-0.1, -0.05) is 6.07 Å². The predicted molar refractivity (Wildman–Crippen MR) is 124 cm³/mol. The molecule has 1 fully saturated rings. The van der Waals surface area contributed by atoms with Crippen LogP contribution in [-0.4, -0.2) is 74.8 Å². The predicted octanol–water partition coefficient (Wildman–Crippen LogP) is 2.35. The van der Waals surface area contributed by atoms with Gasteiger partial charge in [0.15, 0.2) is 10.6 Å². The summed E-state index contributed by atoms with van der Waals surface area (Å²) in [6, 6.07) is 5.33. The zero-order chi connectivity index (χ0) is 21.6. The topological polar surface area (TPSA) is 95.0 Å². The summed E-state index contributed by atoms with van der Waals surface area (Å²) < 4.78 is 2.23. The Bertz CT molecular complexity index is 1030. The van der Waals surface area contributed by atoms with Gasteiger partial charge in [-0.3, -0.25) is 19.4 Å². The first-order valence-corrected chi connectivity index (χ1v) is 11.6. The number of amides is 1. The van der Waals surface area contributed by atoms with Crippen LogP contribution in [0.25, 0.3) is 10.7 Å². The lowest BCUT2D eigenvalue weighted by Crippen LogP contribution is -2.47. The molecule has 1 aliphatic heterocycles. The number of nitrogens with one attached hydrogen (secondary N) is 2. The van der Waals surface area contributed by atoms with Crippen molar-refractivity contribution in [2.45, 2.75) is 19.4 Å². The van der Waals surface area contributed by atoms with Crippen LogP contribution in [0.1, 0.15) is 19.4 Å². The monoisotopic (exact) mass is 458 g/mol. The first-order valence-electron chi connectivity index (χ1n) is 10.4. The van der Waals surface area contributed by atoms with Crippen LogP contribution in [-0.2, 0) is 4.79 Å². The van der Waals surface area contributed by atoms with E-state index in [-0.39, 0.29) is 5.91 Å². The fraction of sp³-hybridized carbons (Fsp3) is 0.450. The number of carbonyl (C=O) groups is 1. The van der Waals surface area contributed by atoms with Crippen LogP contribution in [0.3, 0.4) is 0 Å². The van der Waals surface area contributed by atoms with Gasteiger partial charge in [0, 0.05) is 45.1 Å². The SMILES string of the molecule is CC(C(=O)NCCCN1CCN(c2ncccn2)CC1)n1c(-c2cccs2)n[nH]c1=S. The summed E-state index contributed by atoms with van der Waals surface area (Å²) in [6.07, 6.45) is 4.45. The molecule has 1 amide bonds. The summed E-state index contributed by atoms with van der Waals surface area (Å²) in [5.74, 6) is 1.44. The van der Waals surface area contributed by atoms with E-state index in [1.807, 2.05) is 30.5 Å². The lowest BCUT2D eigenvalue weighted by molar-refractivity contribution is -0.123. The fourth-order valence-electron chi connectivity index (χ4n) is 3.65. The Morgan fingerprint density at radius 2 is 2.03 bits per heavy atom. The number of nitrogens with zero attached hydrogens (tertiary/aromatic N) is 6. The maximum absolute atomic E-state index is 12.7. The van der Waals surface area contributed by atoms with Gasteiger partial charge in [-0.25, -0.2) is 9.97 Å². The van der Waals surface area contributed by atoms with Gasteiger partial charge < -0.3 is 10.2 Å². The van der Waals surface area contributed by atoms with Crippen molar-refractivity contribution in [2.75, 3.05) is 44.2 Å². The number of hydrogen-bond acceptors (Lipinski definition) is 8. The molecule has 0 spiro atoms. The molecule has 31 heavy (non-hydrogen) atoms. The summed E-state index contributed by atoms with van der Waals surface area (Å²) in [6.45, 7) is 7.19. The van der Waals surface area contributed by atoms with Gasteiger partial charge >= 0.3 is 0 Å². The standard InChI is InChI=1S/C20H26N8OS2/c1-15(28-17(24-25-20(28)30)16-5-2-14-31-16)18(29)21-8-4-9-26-10-12-27(13-11-26)19-22-6-3-7-23-19/h2-3,5-7,14-15H,4,8-13H2,1H3,(H,21,29)(H,25,30). The van der Waals surface area contributed by atoms with Crippen molar-refractivity contribution in [2.24, 2.45) is 0 Å². The highest BCUT2D eigenvalue weighted by Crippen LogP contribution is 2.25. The number of carbonyl (C=O) groups excluding carboxylic acids is 1. The Kier molecular flexibility index (Phi) is 7.05. The lowest BCUT2D eigenvalue weighted by atomic mass is 10.2.